The second kappa shape index (κ2) is 29.0. The largest absolute Gasteiger partial charge is 0.458 e. The van der Waals surface area contributed by atoms with E-state index in [0.717, 1.165) is 96.8 Å². The van der Waals surface area contributed by atoms with Crippen molar-refractivity contribution in [3.05, 3.63) is 459 Å². The van der Waals surface area contributed by atoms with Crippen molar-refractivity contribution in [1.29, 1.82) is 0 Å². The van der Waals surface area contributed by atoms with Crippen molar-refractivity contribution in [3.8, 4) is 56.6 Å². The summed E-state index contributed by atoms with van der Waals surface area (Å²) in [6.45, 7) is 9.47. The fourth-order valence-corrected chi connectivity index (χ4v) is 23.2. The van der Waals surface area contributed by atoms with Crippen LogP contribution in [0.1, 0.15) is 49.9 Å². The first-order valence-corrected chi connectivity index (χ1v) is 45.9. The standard InChI is InChI=1S/2C61H42BN3O/c1-61(2)50-34-44(63(40-19-7-3-8-20-40)41-21-9-4-10-22-41)31-33-46(50)48-36-56-52(37-51(48)61)62-53-35-49-47-32-30-39-18-15-16-27-45(39)60(47)65(43-25-13-6-14-26-43)55(49)38-58(53)66-57-29-17-28-54(59(57)62)64(56)42-23-11-5-12-24-42;1-61(2)50-34-44(63(40-19-7-3-8-20-40)41-21-9-4-10-22-41)31-33-46(50)48-36-58-53(37-51(48)61)62-52-35-49-47-32-30-39-18-15-16-27-45(39)60(47)65(43-25-13-6-14-26-43)55(49)38-56(52)64(42-23-11-5-12-24-42)54-28-17-29-57(66-58)59(54)62/h2*3-38H,1-2H3. The fourth-order valence-electron chi connectivity index (χ4n) is 23.2. The minimum absolute atomic E-state index is 0.0677. The summed E-state index contributed by atoms with van der Waals surface area (Å²) in [7, 11) is 0. The predicted molar refractivity (Wildman–Crippen MR) is 553 cm³/mol. The van der Waals surface area contributed by atoms with Crippen LogP contribution in [0.3, 0.4) is 0 Å². The number of aromatic nitrogens is 2. The van der Waals surface area contributed by atoms with E-state index < -0.39 is 0 Å². The van der Waals surface area contributed by atoms with Crippen molar-refractivity contribution in [2.24, 2.45) is 0 Å². The monoisotopic (exact) mass is 1690 g/mol. The van der Waals surface area contributed by atoms with Gasteiger partial charge in [-0.05, 0) is 252 Å². The summed E-state index contributed by atoms with van der Waals surface area (Å²) < 4.78 is 19.2. The van der Waals surface area contributed by atoms with Crippen molar-refractivity contribution in [3.63, 3.8) is 0 Å². The molecule has 0 N–H and O–H groups in total. The zero-order valence-electron chi connectivity index (χ0n) is 73.2. The summed E-state index contributed by atoms with van der Waals surface area (Å²) in [5.74, 6) is 3.63. The van der Waals surface area contributed by atoms with Gasteiger partial charge in [0.2, 0.25) is 0 Å². The Bertz CT molecular complexity index is 8460. The van der Waals surface area contributed by atoms with E-state index in [1.54, 1.807) is 0 Å². The lowest BCUT2D eigenvalue weighted by Gasteiger charge is -2.40. The van der Waals surface area contributed by atoms with Gasteiger partial charge in [-0.1, -0.05) is 295 Å². The molecule has 22 aromatic rings. The van der Waals surface area contributed by atoms with E-state index in [2.05, 4.69) is 493 Å². The highest BCUT2D eigenvalue weighted by atomic mass is 16.5. The van der Waals surface area contributed by atoms with E-state index in [0.29, 0.717) is 0 Å². The number of benzene rings is 20. The Morgan fingerprint density at radius 3 is 1.02 bits per heavy atom. The first kappa shape index (κ1) is 75.6. The lowest BCUT2D eigenvalue weighted by molar-refractivity contribution is 0.487. The van der Waals surface area contributed by atoms with Gasteiger partial charge in [0.15, 0.2) is 0 Å². The number of fused-ring (bicyclic) bond motifs is 24. The average Bonchev–Trinajstić information content (AvgIpc) is 1.35. The molecule has 132 heavy (non-hydrogen) atoms. The molecule has 0 saturated carbocycles. The highest BCUT2D eigenvalue weighted by molar-refractivity contribution is 7.00. The first-order chi connectivity index (χ1) is 65.0. The van der Waals surface area contributed by atoms with E-state index in [1.165, 1.54) is 148 Å². The second-order valence-electron chi connectivity index (χ2n) is 36.9. The third kappa shape index (κ3) is 11.2. The zero-order chi connectivity index (χ0) is 87.3. The van der Waals surface area contributed by atoms with E-state index in [-0.39, 0.29) is 24.3 Å². The molecule has 6 heterocycles. The SMILES string of the molecule is CC1(C)c2cc(N(c3ccccc3)c3ccccc3)ccc2-c2cc3c(cc21)B1c2cc4c5ccc6ccccc6c5n(-c5ccccc5)c4cc2N(c2ccccc2)c2cccc(c21)O3.CC1(C)c2cc(N(c3ccccc3)c3ccccc3)ccc2-c2cc3c(cc21)B1c2cc4c5ccc6ccccc6c5n(-c5ccccc5)c4cc2Oc2cccc(c21)N3c1ccccc1. The molecule has 2 aromatic heterocycles. The molecule has 0 atom stereocenters. The van der Waals surface area contributed by atoms with Crippen LogP contribution in [0.25, 0.3) is 98.8 Å². The Morgan fingerprint density at radius 1 is 0.227 bits per heavy atom. The number of anilines is 12. The number of rotatable bonds is 10. The summed E-state index contributed by atoms with van der Waals surface area (Å²) in [5, 5.41) is 9.87. The molecule has 6 aliphatic rings. The topological polar surface area (TPSA) is 41.3 Å². The third-order valence-corrected chi connectivity index (χ3v) is 29.1. The van der Waals surface area contributed by atoms with Gasteiger partial charge >= 0.3 is 0 Å². The Morgan fingerprint density at radius 2 is 0.576 bits per heavy atom. The average molecular weight is 1690 g/mol. The van der Waals surface area contributed by atoms with Gasteiger partial charge < -0.3 is 38.2 Å². The molecule has 0 amide bonds. The fraction of sp³-hybridized carbons (Fsp3) is 0.0492. The quantitative estimate of drug-likeness (QED) is 0.127. The van der Waals surface area contributed by atoms with Crippen LogP contribution in [-0.2, 0) is 10.8 Å². The summed E-state index contributed by atoms with van der Waals surface area (Å²) in [6.07, 6.45) is 0. The third-order valence-electron chi connectivity index (χ3n) is 29.1. The van der Waals surface area contributed by atoms with Crippen molar-refractivity contribution >= 4 is 180 Å². The number of hydrogen-bond donors (Lipinski definition) is 0. The molecule has 10 heteroatoms. The molecule has 0 saturated heterocycles. The van der Waals surface area contributed by atoms with Gasteiger partial charge in [0.05, 0.1) is 22.1 Å². The minimum Gasteiger partial charge on any atom is -0.458 e. The molecule has 0 unspecified atom stereocenters. The van der Waals surface area contributed by atoms with Crippen LogP contribution in [0.4, 0.5) is 68.2 Å². The van der Waals surface area contributed by atoms with Crippen molar-refractivity contribution in [2.75, 3.05) is 19.6 Å². The first-order valence-electron chi connectivity index (χ1n) is 45.9. The molecule has 8 nitrogen and oxygen atoms in total. The zero-order valence-corrected chi connectivity index (χ0v) is 73.2. The number of nitrogens with zero attached hydrogens (tertiary/aromatic N) is 6. The second-order valence-corrected chi connectivity index (χ2v) is 36.9. The molecular formula is C122H84B2N6O2. The number of ether oxygens (including phenoxy) is 2. The normalized spacial score (nSPS) is 13.8. The van der Waals surface area contributed by atoms with Gasteiger partial charge in [-0.3, -0.25) is 0 Å². The van der Waals surface area contributed by atoms with Crippen LogP contribution in [0.15, 0.2) is 437 Å². The Balaban J connectivity index is 0.000000135. The maximum Gasteiger partial charge on any atom is 0.256 e. The van der Waals surface area contributed by atoms with E-state index >= 15 is 0 Å². The van der Waals surface area contributed by atoms with E-state index in [1.807, 2.05) is 0 Å². The smallest absolute Gasteiger partial charge is 0.256 e. The van der Waals surface area contributed by atoms with Gasteiger partial charge in [0.25, 0.3) is 13.4 Å². The molecule has 0 spiro atoms. The maximum absolute atomic E-state index is 7.15. The highest BCUT2D eigenvalue weighted by Gasteiger charge is 2.49. The van der Waals surface area contributed by atoms with Crippen LogP contribution < -0.4 is 61.9 Å². The van der Waals surface area contributed by atoms with Gasteiger partial charge in [0.1, 0.15) is 23.0 Å². The molecule has 20 aromatic carbocycles. The van der Waals surface area contributed by atoms with Crippen LogP contribution in [0, 0.1) is 0 Å². The lowest BCUT2D eigenvalue weighted by Crippen LogP contribution is -2.59. The summed E-state index contributed by atoms with van der Waals surface area (Å²) in [5.41, 5.74) is 37.9. The van der Waals surface area contributed by atoms with Crippen molar-refractivity contribution in [1.82, 2.24) is 9.13 Å². The molecule has 28 rings (SSSR count). The van der Waals surface area contributed by atoms with E-state index in [4.69, 9.17) is 9.47 Å². The van der Waals surface area contributed by atoms with Crippen LogP contribution in [0.2, 0.25) is 0 Å². The van der Waals surface area contributed by atoms with Crippen molar-refractivity contribution in [2.45, 2.75) is 38.5 Å². The van der Waals surface area contributed by atoms with Gasteiger partial charge in [-0.2, -0.15) is 0 Å². The molecular weight excluding hydrogens is 1600 g/mol. The molecule has 0 fully saturated rings. The van der Waals surface area contributed by atoms with E-state index in [9.17, 15) is 0 Å². The van der Waals surface area contributed by atoms with Gasteiger partial charge in [-0.15, -0.1) is 0 Å². The van der Waals surface area contributed by atoms with Crippen LogP contribution in [-0.4, -0.2) is 22.6 Å². The highest BCUT2D eigenvalue weighted by Crippen LogP contribution is 2.57. The molecule has 4 aliphatic heterocycles. The molecule has 0 bridgehead atoms. The summed E-state index contributed by atoms with van der Waals surface area (Å²) in [4.78, 5) is 9.67. The Hall–Kier alpha value is -16.6. The summed E-state index contributed by atoms with van der Waals surface area (Å²) >= 11 is 0. The summed E-state index contributed by atoms with van der Waals surface area (Å²) in [6, 6.07) is 160. The molecule has 0 radical (unpaired) electrons. The Kier molecular flexibility index (Phi) is 16.6. The Labute approximate surface area is 766 Å². The van der Waals surface area contributed by atoms with Gasteiger partial charge in [-0.25, -0.2) is 0 Å². The van der Waals surface area contributed by atoms with Crippen LogP contribution >= 0.6 is 0 Å². The minimum atomic E-state index is -0.283. The maximum atomic E-state index is 7.15. The van der Waals surface area contributed by atoms with Gasteiger partial charge in [0, 0.05) is 129 Å². The number of para-hydroxylation sites is 8. The molecule has 2 aliphatic carbocycles. The lowest BCUT2D eigenvalue weighted by atomic mass is 9.34. The van der Waals surface area contributed by atoms with Crippen molar-refractivity contribution < 1.29 is 9.47 Å². The number of hydrogen-bond acceptors (Lipinski definition) is 6. The van der Waals surface area contributed by atoms with Crippen LogP contribution in [0.5, 0.6) is 23.0 Å². The molecule has 620 valence electrons. The predicted octanol–water partition coefficient (Wildman–Crippen LogP) is 28.2.